The molecular formula is C16H18F2N4O3. The zero-order valence-corrected chi connectivity index (χ0v) is 13.5. The zero-order chi connectivity index (χ0) is 18.0. The SMILES string of the molecule is CCOc1nc(C(F)F)cc2cnc(N[C@H]3C[C@H](NC(=O)O)C3)cc12. The molecule has 1 saturated carbocycles. The van der Waals surface area contributed by atoms with Crippen molar-refractivity contribution in [3.05, 3.63) is 24.0 Å². The van der Waals surface area contributed by atoms with Crippen molar-refractivity contribution in [3.63, 3.8) is 0 Å². The molecule has 1 fully saturated rings. The first-order valence-electron chi connectivity index (χ1n) is 7.94. The number of fused-ring (bicyclic) bond motifs is 1. The Labute approximate surface area is 142 Å². The van der Waals surface area contributed by atoms with Crippen molar-refractivity contribution < 1.29 is 23.4 Å². The van der Waals surface area contributed by atoms with Crippen LogP contribution in [0.1, 0.15) is 31.9 Å². The van der Waals surface area contributed by atoms with Crippen molar-refractivity contribution in [2.45, 2.75) is 38.3 Å². The van der Waals surface area contributed by atoms with Crippen LogP contribution in [-0.4, -0.2) is 39.9 Å². The van der Waals surface area contributed by atoms with Gasteiger partial charge in [0.05, 0.1) is 6.61 Å². The number of aromatic nitrogens is 2. The number of ether oxygens (including phenoxy) is 1. The lowest BCUT2D eigenvalue weighted by atomic mass is 9.87. The number of hydrogen-bond acceptors (Lipinski definition) is 5. The highest BCUT2D eigenvalue weighted by molar-refractivity contribution is 5.88. The number of pyridine rings is 2. The summed E-state index contributed by atoms with van der Waals surface area (Å²) < 4.78 is 31.3. The molecule has 0 aliphatic heterocycles. The minimum Gasteiger partial charge on any atom is -0.478 e. The van der Waals surface area contributed by atoms with Crippen LogP contribution in [0.15, 0.2) is 18.3 Å². The topological polar surface area (TPSA) is 96.4 Å². The molecule has 0 aromatic carbocycles. The van der Waals surface area contributed by atoms with Crippen molar-refractivity contribution in [2.75, 3.05) is 11.9 Å². The maximum atomic E-state index is 12.9. The van der Waals surface area contributed by atoms with E-state index in [2.05, 4.69) is 20.6 Å². The summed E-state index contributed by atoms with van der Waals surface area (Å²) in [6.07, 6.45) is -0.899. The molecule has 0 atom stereocenters. The second-order valence-corrected chi connectivity index (χ2v) is 5.84. The summed E-state index contributed by atoms with van der Waals surface area (Å²) in [5.74, 6) is 0.721. The number of nitrogens with one attached hydrogen (secondary N) is 2. The Morgan fingerprint density at radius 1 is 1.40 bits per heavy atom. The molecule has 7 nitrogen and oxygen atoms in total. The highest BCUT2D eigenvalue weighted by atomic mass is 19.3. The smallest absolute Gasteiger partial charge is 0.404 e. The maximum Gasteiger partial charge on any atom is 0.404 e. The van der Waals surface area contributed by atoms with Crippen LogP contribution in [0.2, 0.25) is 0 Å². The van der Waals surface area contributed by atoms with Crippen LogP contribution >= 0.6 is 0 Å². The van der Waals surface area contributed by atoms with Gasteiger partial charge in [0.15, 0.2) is 0 Å². The van der Waals surface area contributed by atoms with Gasteiger partial charge in [0, 0.05) is 29.1 Å². The summed E-state index contributed by atoms with van der Waals surface area (Å²) in [6, 6.07) is 3.05. The summed E-state index contributed by atoms with van der Waals surface area (Å²) in [7, 11) is 0. The van der Waals surface area contributed by atoms with Crippen LogP contribution in [0, 0.1) is 0 Å². The molecule has 3 rings (SSSR count). The number of alkyl halides is 2. The quantitative estimate of drug-likeness (QED) is 0.739. The van der Waals surface area contributed by atoms with Crippen molar-refractivity contribution in [1.29, 1.82) is 0 Å². The summed E-state index contributed by atoms with van der Waals surface area (Å²) in [4.78, 5) is 18.7. The summed E-state index contributed by atoms with van der Waals surface area (Å²) >= 11 is 0. The van der Waals surface area contributed by atoms with E-state index in [9.17, 15) is 13.6 Å². The first-order valence-corrected chi connectivity index (χ1v) is 7.94. The molecule has 1 aliphatic carbocycles. The van der Waals surface area contributed by atoms with Gasteiger partial charge in [-0.15, -0.1) is 0 Å². The van der Waals surface area contributed by atoms with Crippen LogP contribution in [-0.2, 0) is 0 Å². The number of nitrogens with zero attached hydrogens (tertiary/aromatic N) is 2. The van der Waals surface area contributed by atoms with Gasteiger partial charge in [-0.25, -0.2) is 23.5 Å². The predicted molar refractivity (Wildman–Crippen MR) is 87.3 cm³/mol. The standard InChI is InChI=1S/C16H18F2N4O3/c1-2-25-15-11-6-13(20-9-4-10(5-9)21-16(23)24)19-7-8(11)3-12(22-15)14(17)18/h3,6-7,9-10,14,21H,2,4-5H2,1H3,(H,19,20)(H,23,24)/t9-,10-. The summed E-state index contributed by atoms with van der Waals surface area (Å²) in [5.41, 5.74) is -0.347. The average Bonchev–Trinajstić information content (AvgIpc) is 2.52. The van der Waals surface area contributed by atoms with Gasteiger partial charge in [-0.3, -0.25) is 0 Å². The van der Waals surface area contributed by atoms with E-state index in [0.29, 0.717) is 36.0 Å². The Kier molecular flexibility index (Phi) is 4.82. The Balaban J connectivity index is 1.78. The number of hydrogen-bond donors (Lipinski definition) is 3. The van der Waals surface area contributed by atoms with Crippen LogP contribution in [0.5, 0.6) is 5.88 Å². The van der Waals surface area contributed by atoms with E-state index < -0.39 is 12.5 Å². The van der Waals surface area contributed by atoms with E-state index in [1.54, 1.807) is 13.0 Å². The highest BCUT2D eigenvalue weighted by Gasteiger charge is 2.30. The molecule has 1 amide bonds. The zero-order valence-electron chi connectivity index (χ0n) is 13.5. The van der Waals surface area contributed by atoms with Crippen LogP contribution < -0.4 is 15.4 Å². The second-order valence-electron chi connectivity index (χ2n) is 5.84. The van der Waals surface area contributed by atoms with Gasteiger partial charge in [-0.1, -0.05) is 0 Å². The second kappa shape index (κ2) is 7.04. The van der Waals surface area contributed by atoms with Crippen LogP contribution in [0.3, 0.4) is 0 Å². The summed E-state index contributed by atoms with van der Waals surface area (Å²) in [6.45, 7) is 2.07. The molecule has 3 N–H and O–H groups in total. The van der Waals surface area contributed by atoms with E-state index >= 15 is 0 Å². The molecule has 25 heavy (non-hydrogen) atoms. The molecule has 2 heterocycles. The number of anilines is 1. The molecule has 2 aromatic rings. The molecular weight excluding hydrogens is 334 g/mol. The molecule has 9 heteroatoms. The molecule has 1 aliphatic rings. The van der Waals surface area contributed by atoms with Gasteiger partial charge in [-0.05, 0) is 31.9 Å². The van der Waals surface area contributed by atoms with Gasteiger partial charge in [0.1, 0.15) is 11.5 Å². The lowest BCUT2D eigenvalue weighted by Gasteiger charge is -2.35. The van der Waals surface area contributed by atoms with Gasteiger partial charge < -0.3 is 20.5 Å². The number of carboxylic acid groups (broad SMARTS) is 1. The largest absolute Gasteiger partial charge is 0.478 e. The first-order chi connectivity index (χ1) is 12.0. The molecule has 0 unspecified atom stereocenters. The Morgan fingerprint density at radius 2 is 2.16 bits per heavy atom. The number of carbonyl (C=O) groups is 1. The van der Waals surface area contributed by atoms with E-state index in [-0.39, 0.29) is 23.7 Å². The fourth-order valence-corrected chi connectivity index (χ4v) is 2.81. The van der Waals surface area contributed by atoms with E-state index in [1.807, 2.05) is 0 Å². The third-order valence-corrected chi connectivity index (χ3v) is 4.02. The first kappa shape index (κ1) is 17.1. The molecule has 0 spiro atoms. The fraction of sp³-hybridized carbons (Fsp3) is 0.438. The van der Waals surface area contributed by atoms with E-state index in [0.717, 1.165) is 0 Å². The minimum absolute atomic E-state index is 0.0651. The molecule has 0 bridgehead atoms. The normalized spacial score (nSPS) is 19.5. The number of amides is 1. The average molecular weight is 352 g/mol. The van der Waals surface area contributed by atoms with Crippen molar-refractivity contribution >= 4 is 22.7 Å². The number of halogens is 2. The van der Waals surface area contributed by atoms with Gasteiger partial charge in [0.25, 0.3) is 6.43 Å². The van der Waals surface area contributed by atoms with Crippen molar-refractivity contribution in [2.24, 2.45) is 0 Å². The molecule has 0 saturated heterocycles. The van der Waals surface area contributed by atoms with Gasteiger partial charge >= 0.3 is 6.09 Å². The third-order valence-electron chi connectivity index (χ3n) is 4.02. The van der Waals surface area contributed by atoms with Crippen molar-refractivity contribution in [1.82, 2.24) is 15.3 Å². The van der Waals surface area contributed by atoms with Gasteiger partial charge in [0.2, 0.25) is 5.88 Å². The monoisotopic (exact) mass is 352 g/mol. The maximum absolute atomic E-state index is 12.9. The lowest BCUT2D eigenvalue weighted by molar-refractivity contribution is 0.145. The lowest BCUT2D eigenvalue weighted by Crippen LogP contribution is -2.49. The number of rotatable bonds is 6. The van der Waals surface area contributed by atoms with Gasteiger partial charge in [-0.2, -0.15) is 0 Å². The predicted octanol–water partition coefficient (Wildman–Crippen LogP) is 3.18. The highest BCUT2D eigenvalue weighted by Crippen LogP contribution is 2.31. The van der Waals surface area contributed by atoms with Crippen molar-refractivity contribution in [3.8, 4) is 5.88 Å². The summed E-state index contributed by atoms with van der Waals surface area (Å²) in [5, 5.41) is 15.4. The molecule has 0 radical (unpaired) electrons. The van der Waals surface area contributed by atoms with E-state index in [4.69, 9.17) is 9.84 Å². The Hall–Kier alpha value is -2.71. The van der Waals surface area contributed by atoms with Crippen LogP contribution in [0.4, 0.5) is 19.4 Å². The third kappa shape index (κ3) is 3.86. The fourth-order valence-electron chi connectivity index (χ4n) is 2.81. The minimum atomic E-state index is -2.69. The molecule has 2 aromatic heterocycles. The molecule has 134 valence electrons. The van der Waals surface area contributed by atoms with Crippen LogP contribution in [0.25, 0.3) is 10.8 Å². The Bertz CT molecular complexity index is 781. The van der Waals surface area contributed by atoms with E-state index in [1.165, 1.54) is 12.3 Å². The Morgan fingerprint density at radius 3 is 2.80 bits per heavy atom.